The third kappa shape index (κ3) is 2.33. The van der Waals surface area contributed by atoms with Gasteiger partial charge in [-0.2, -0.15) is 4.98 Å². The van der Waals surface area contributed by atoms with Crippen LogP contribution in [0.15, 0.2) is 11.1 Å². The number of anilines is 1. The summed E-state index contributed by atoms with van der Waals surface area (Å²) in [6, 6.07) is 0. The standard InChI is InChI=1S/C9H14N4O2/c1-10-8-11-6-13(9(14)12-8)5-7-3-2-4-15-7/h6-7H,2-5H2,1H3,(H,10,12,14). The maximum atomic E-state index is 11.5. The average molecular weight is 210 g/mol. The lowest BCUT2D eigenvalue weighted by atomic mass is 10.2. The SMILES string of the molecule is CNc1ncn(CC2CCCO2)c(=O)n1. The van der Waals surface area contributed by atoms with Crippen LogP contribution in [0.3, 0.4) is 0 Å². The molecule has 2 heterocycles. The Balaban J connectivity index is 2.11. The number of rotatable bonds is 3. The molecule has 1 saturated heterocycles. The van der Waals surface area contributed by atoms with Gasteiger partial charge < -0.3 is 10.1 Å². The maximum absolute atomic E-state index is 11.5. The van der Waals surface area contributed by atoms with Crippen molar-refractivity contribution >= 4 is 5.95 Å². The summed E-state index contributed by atoms with van der Waals surface area (Å²) in [5.74, 6) is 0.351. The van der Waals surface area contributed by atoms with Crippen molar-refractivity contribution in [3.8, 4) is 0 Å². The van der Waals surface area contributed by atoms with Gasteiger partial charge in [0.25, 0.3) is 0 Å². The van der Waals surface area contributed by atoms with Gasteiger partial charge in [-0.05, 0) is 12.8 Å². The van der Waals surface area contributed by atoms with E-state index in [4.69, 9.17) is 4.74 Å². The lowest BCUT2D eigenvalue weighted by molar-refractivity contribution is 0.0955. The molecule has 0 aliphatic carbocycles. The highest BCUT2D eigenvalue weighted by molar-refractivity contribution is 5.18. The van der Waals surface area contributed by atoms with Crippen LogP contribution < -0.4 is 11.0 Å². The number of hydrogen-bond donors (Lipinski definition) is 1. The van der Waals surface area contributed by atoms with Gasteiger partial charge in [0.2, 0.25) is 5.95 Å². The predicted molar refractivity (Wildman–Crippen MR) is 54.8 cm³/mol. The van der Waals surface area contributed by atoms with Gasteiger partial charge in [-0.3, -0.25) is 4.57 Å². The predicted octanol–water partition coefficient (Wildman–Crippen LogP) is -0.141. The van der Waals surface area contributed by atoms with Crippen LogP contribution >= 0.6 is 0 Å². The molecule has 1 atom stereocenters. The van der Waals surface area contributed by atoms with Gasteiger partial charge in [0.1, 0.15) is 6.33 Å². The Morgan fingerprint density at radius 3 is 3.20 bits per heavy atom. The van der Waals surface area contributed by atoms with Crippen LogP contribution in [0, 0.1) is 0 Å². The summed E-state index contributed by atoms with van der Waals surface area (Å²) in [5.41, 5.74) is -0.287. The third-order valence-corrected chi connectivity index (χ3v) is 2.41. The van der Waals surface area contributed by atoms with Crippen LogP contribution in [0.2, 0.25) is 0 Å². The van der Waals surface area contributed by atoms with E-state index in [0.29, 0.717) is 12.5 Å². The molecule has 1 aromatic rings. The monoisotopic (exact) mass is 210 g/mol. The highest BCUT2D eigenvalue weighted by Gasteiger charge is 2.16. The minimum absolute atomic E-state index is 0.131. The van der Waals surface area contributed by atoms with Crippen LogP contribution in [0.5, 0.6) is 0 Å². The van der Waals surface area contributed by atoms with Crippen LogP contribution in [0.4, 0.5) is 5.95 Å². The quantitative estimate of drug-likeness (QED) is 0.752. The Hall–Kier alpha value is -1.43. The molecule has 1 aliphatic rings. The first-order valence-corrected chi connectivity index (χ1v) is 5.02. The molecular weight excluding hydrogens is 196 g/mol. The molecule has 0 saturated carbocycles. The molecule has 1 aromatic heterocycles. The lowest BCUT2D eigenvalue weighted by Crippen LogP contribution is -2.29. The minimum atomic E-state index is -0.287. The molecule has 1 fully saturated rings. The third-order valence-electron chi connectivity index (χ3n) is 2.41. The summed E-state index contributed by atoms with van der Waals surface area (Å²) in [5, 5.41) is 2.72. The maximum Gasteiger partial charge on any atom is 0.352 e. The Labute approximate surface area is 87.3 Å². The zero-order chi connectivity index (χ0) is 10.7. The highest BCUT2D eigenvalue weighted by atomic mass is 16.5. The minimum Gasteiger partial charge on any atom is -0.376 e. The van der Waals surface area contributed by atoms with E-state index in [2.05, 4.69) is 15.3 Å². The first kappa shape index (κ1) is 10.1. The number of aromatic nitrogens is 3. The molecule has 0 bridgehead atoms. The number of ether oxygens (including phenoxy) is 1. The second-order valence-electron chi connectivity index (χ2n) is 3.50. The zero-order valence-corrected chi connectivity index (χ0v) is 8.64. The molecule has 2 rings (SSSR count). The van der Waals surface area contributed by atoms with Crippen molar-refractivity contribution in [1.29, 1.82) is 0 Å². The molecule has 1 aliphatic heterocycles. The van der Waals surface area contributed by atoms with Gasteiger partial charge in [-0.25, -0.2) is 9.78 Å². The molecule has 0 amide bonds. The number of nitrogens with zero attached hydrogens (tertiary/aromatic N) is 3. The number of hydrogen-bond acceptors (Lipinski definition) is 5. The first-order chi connectivity index (χ1) is 7.29. The summed E-state index contributed by atoms with van der Waals surface area (Å²) < 4.78 is 6.92. The number of nitrogens with one attached hydrogen (secondary N) is 1. The van der Waals surface area contributed by atoms with Gasteiger partial charge in [0.05, 0.1) is 12.6 Å². The summed E-state index contributed by atoms with van der Waals surface area (Å²) in [6.45, 7) is 1.33. The van der Waals surface area contributed by atoms with Crippen molar-refractivity contribution in [1.82, 2.24) is 14.5 Å². The van der Waals surface area contributed by atoms with Crippen LogP contribution in [-0.2, 0) is 11.3 Å². The molecule has 0 radical (unpaired) electrons. The van der Waals surface area contributed by atoms with Crippen molar-refractivity contribution in [3.63, 3.8) is 0 Å². The summed E-state index contributed by atoms with van der Waals surface area (Å²) in [7, 11) is 1.68. The van der Waals surface area contributed by atoms with Gasteiger partial charge in [-0.15, -0.1) is 0 Å². The largest absolute Gasteiger partial charge is 0.376 e. The van der Waals surface area contributed by atoms with Gasteiger partial charge in [-0.1, -0.05) is 0 Å². The van der Waals surface area contributed by atoms with E-state index >= 15 is 0 Å². The fraction of sp³-hybridized carbons (Fsp3) is 0.667. The molecule has 1 unspecified atom stereocenters. The molecule has 0 aromatic carbocycles. The van der Waals surface area contributed by atoms with E-state index in [9.17, 15) is 4.79 Å². The van der Waals surface area contributed by atoms with Crippen LogP contribution in [-0.4, -0.2) is 34.3 Å². The van der Waals surface area contributed by atoms with Gasteiger partial charge in [0.15, 0.2) is 0 Å². The Bertz CT molecular complexity index is 384. The topological polar surface area (TPSA) is 69.0 Å². The smallest absolute Gasteiger partial charge is 0.352 e. The van der Waals surface area contributed by atoms with E-state index in [0.717, 1.165) is 19.4 Å². The Morgan fingerprint density at radius 2 is 2.60 bits per heavy atom. The molecule has 82 valence electrons. The fourth-order valence-electron chi connectivity index (χ4n) is 1.61. The van der Waals surface area contributed by atoms with Crippen molar-refractivity contribution in [3.05, 3.63) is 16.8 Å². The van der Waals surface area contributed by atoms with Crippen molar-refractivity contribution < 1.29 is 4.74 Å². The normalized spacial score (nSPS) is 20.5. The molecule has 6 heteroatoms. The van der Waals surface area contributed by atoms with Gasteiger partial charge >= 0.3 is 5.69 Å². The van der Waals surface area contributed by atoms with E-state index in [1.165, 1.54) is 10.9 Å². The van der Waals surface area contributed by atoms with Crippen LogP contribution in [0.1, 0.15) is 12.8 Å². The zero-order valence-electron chi connectivity index (χ0n) is 8.64. The average Bonchev–Trinajstić information content (AvgIpc) is 2.74. The summed E-state index contributed by atoms with van der Waals surface area (Å²) in [4.78, 5) is 19.3. The fourth-order valence-corrected chi connectivity index (χ4v) is 1.61. The van der Waals surface area contributed by atoms with E-state index in [-0.39, 0.29) is 11.8 Å². The van der Waals surface area contributed by atoms with Crippen molar-refractivity contribution in [2.24, 2.45) is 0 Å². The van der Waals surface area contributed by atoms with Crippen molar-refractivity contribution in [2.75, 3.05) is 19.0 Å². The highest BCUT2D eigenvalue weighted by Crippen LogP contribution is 2.12. The van der Waals surface area contributed by atoms with E-state index in [1.54, 1.807) is 7.05 Å². The van der Waals surface area contributed by atoms with E-state index < -0.39 is 0 Å². The molecule has 0 spiro atoms. The molecule has 1 N–H and O–H groups in total. The summed E-state index contributed by atoms with van der Waals surface area (Å²) >= 11 is 0. The van der Waals surface area contributed by atoms with Crippen molar-refractivity contribution in [2.45, 2.75) is 25.5 Å². The molecule has 15 heavy (non-hydrogen) atoms. The Morgan fingerprint density at radius 1 is 1.73 bits per heavy atom. The van der Waals surface area contributed by atoms with E-state index in [1.807, 2.05) is 0 Å². The Kier molecular flexibility index (Phi) is 2.96. The van der Waals surface area contributed by atoms with Crippen LogP contribution in [0.25, 0.3) is 0 Å². The molecular formula is C9H14N4O2. The summed E-state index contributed by atoms with van der Waals surface area (Å²) in [6.07, 6.45) is 3.70. The molecule has 6 nitrogen and oxygen atoms in total. The van der Waals surface area contributed by atoms with Gasteiger partial charge in [0, 0.05) is 13.7 Å². The lowest BCUT2D eigenvalue weighted by Gasteiger charge is -2.10. The second kappa shape index (κ2) is 4.39. The first-order valence-electron chi connectivity index (χ1n) is 5.02. The second-order valence-corrected chi connectivity index (χ2v) is 3.50.